The first-order valence-corrected chi connectivity index (χ1v) is 24.6. The molecular weight excluding hydrogens is 921 g/mol. The molecule has 0 unspecified atom stereocenters. The molecule has 0 fully saturated rings. The van der Waals surface area contributed by atoms with Crippen LogP contribution < -0.4 is 22.2 Å². The molecule has 0 bridgehead atoms. The Balaban J connectivity index is 1.01. The van der Waals surface area contributed by atoms with Gasteiger partial charge < -0.3 is 20.4 Å². The Morgan fingerprint density at radius 1 is 0.370 bits per heavy atom. The van der Waals surface area contributed by atoms with Gasteiger partial charge in [0.15, 0.2) is 0 Å². The Morgan fingerprint density at radius 2 is 0.671 bits per heavy atom. The highest BCUT2D eigenvalue weighted by atomic mass is 16.3. The third-order valence-electron chi connectivity index (χ3n) is 14.6. The standard InChI is InChI=1S/C59H52N6O8/c1-28(2)39-13-31(37(24-66)25-67)11-12-54(39)64-56(70)42-20-50-51(21-43(42)57(64)71)61-47-17-33-8-10-35-19-49-48(18-34(35)9-7-32(33)16-46(47)60-50)62-52-22-44-45(23-53(52)63-49)59(73)65(58(44)72)55-40(29(3)4)14-36(38(26-68)27-69)15-41(55)30(5)6/h7-23,28-30,37-38,66-69H,24-27H2,1-6H3. The zero-order valence-corrected chi connectivity index (χ0v) is 41.1. The monoisotopic (exact) mass is 972 g/mol. The summed E-state index contributed by atoms with van der Waals surface area (Å²) in [6.45, 7) is 10.9. The number of benzene rings is 6. The van der Waals surface area contributed by atoms with Crippen molar-refractivity contribution in [3.63, 3.8) is 0 Å². The van der Waals surface area contributed by atoms with E-state index >= 15 is 0 Å². The summed E-state index contributed by atoms with van der Waals surface area (Å²) >= 11 is 0. The van der Waals surface area contributed by atoms with Crippen molar-refractivity contribution in [1.82, 2.24) is 29.1 Å². The smallest absolute Gasteiger partial charge is 0.266 e. The van der Waals surface area contributed by atoms with Crippen molar-refractivity contribution in [3.05, 3.63) is 172 Å². The Hall–Kier alpha value is -7.88. The molecule has 0 aliphatic carbocycles. The number of fused-ring (bicyclic) bond motifs is 8. The highest BCUT2D eigenvalue weighted by molar-refractivity contribution is 6.04. The van der Waals surface area contributed by atoms with E-state index in [4.69, 9.17) is 19.9 Å². The van der Waals surface area contributed by atoms with Gasteiger partial charge in [-0.2, -0.15) is 0 Å². The maximum atomic E-state index is 14.4. The highest BCUT2D eigenvalue weighted by Gasteiger charge is 2.26. The Labute approximate surface area is 416 Å². The van der Waals surface area contributed by atoms with Gasteiger partial charge in [0, 0.05) is 11.8 Å². The summed E-state index contributed by atoms with van der Waals surface area (Å²) in [6.07, 6.45) is 0. The lowest BCUT2D eigenvalue weighted by molar-refractivity contribution is 0.192. The maximum absolute atomic E-state index is 14.4. The molecule has 0 saturated heterocycles. The lowest BCUT2D eigenvalue weighted by Gasteiger charge is -2.23. The topological polar surface area (TPSA) is 211 Å². The fourth-order valence-corrected chi connectivity index (χ4v) is 10.4. The molecule has 4 aromatic heterocycles. The van der Waals surface area contributed by atoms with E-state index in [0.29, 0.717) is 61.1 Å². The number of rotatable bonds is 11. The van der Waals surface area contributed by atoms with Crippen LogP contribution in [0.3, 0.4) is 0 Å². The summed E-state index contributed by atoms with van der Waals surface area (Å²) in [7, 11) is 0. The molecule has 11 aromatic rings. The molecule has 4 N–H and O–H groups in total. The Morgan fingerprint density at radius 3 is 1.00 bits per heavy atom. The summed E-state index contributed by atoms with van der Waals surface area (Å²) in [5.41, 5.74) is 7.15. The van der Waals surface area contributed by atoms with Gasteiger partial charge in [0.1, 0.15) is 0 Å². The molecule has 0 radical (unpaired) electrons. The van der Waals surface area contributed by atoms with Gasteiger partial charge in [-0.1, -0.05) is 90.1 Å². The quantitative estimate of drug-likeness (QED) is 0.0900. The molecule has 0 atom stereocenters. The minimum atomic E-state index is -0.502. The molecule has 0 spiro atoms. The zero-order chi connectivity index (χ0) is 51.3. The van der Waals surface area contributed by atoms with E-state index in [1.165, 1.54) is 9.13 Å². The molecule has 0 aliphatic rings. The van der Waals surface area contributed by atoms with Crippen molar-refractivity contribution in [2.45, 2.75) is 71.1 Å². The third kappa shape index (κ3) is 7.71. The first kappa shape index (κ1) is 47.4. The van der Waals surface area contributed by atoms with Crippen LogP contribution in [0.4, 0.5) is 0 Å². The van der Waals surface area contributed by atoms with E-state index in [1.54, 1.807) is 36.4 Å². The highest BCUT2D eigenvalue weighted by Crippen LogP contribution is 2.36. The first-order valence-electron chi connectivity index (χ1n) is 24.6. The van der Waals surface area contributed by atoms with Crippen LogP contribution in [0.25, 0.3) is 98.6 Å². The number of nitrogens with zero attached hydrogens (tertiary/aromatic N) is 6. The molecule has 0 saturated carbocycles. The van der Waals surface area contributed by atoms with Crippen molar-refractivity contribution < 1.29 is 20.4 Å². The number of aliphatic hydroxyl groups excluding tert-OH is 4. The van der Waals surface area contributed by atoms with E-state index in [0.717, 1.165) is 43.8 Å². The zero-order valence-electron chi connectivity index (χ0n) is 41.1. The predicted molar refractivity (Wildman–Crippen MR) is 289 cm³/mol. The van der Waals surface area contributed by atoms with Gasteiger partial charge in [-0.3, -0.25) is 19.2 Å². The SMILES string of the molecule is CC(C)c1cc(C(CO)CO)ccc1-n1c(=O)c2cc3nc4cc5ccc6cc7nc8cc9c(=O)n(-c%10c(C(C)C)cc(C(CO)CO)cc%10C(C)C)c(=O)c9cc8nc7cc6ccc5cc4nc3cc2c1=O. The number of aliphatic hydroxyl groups is 4. The fraction of sp³-hybridized carbons (Fsp3) is 0.254. The van der Waals surface area contributed by atoms with E-state index < -0.39 is 34.1 Å². The lowest BCUT2D eigenvalue weighted by atomic mass is 9.86. The van der Waals surface area contributed by atoms with E-state index in [-0.39, 0.29) is 65.7 Å². The second kappa shape index (κ2) is 18.0. The largest absolute Gasteiger partial charge is 0.396 e. The lowest BCUT2D eigenvalue weighted by Crippen LogP contribution is -2.27. The predicted octanol–water partition coefficient (Wildman–Crippen LogP) is 8.46. The molecule has 11 rings (SSSR count). The van der Waals surface area contributed by atoms with E-state index in [1.807, 2.05) is 108 Å². The van der Waals surface area contributed by atoms with Gasteiger partial charge in [0.05, 0.1) is 103 Å². The molecule has 366 valence electrons. The fourth-order valence-electron chi connectivity index (χ4n) is 10.4. The van der Waals surface area contributed by atoms with Crippen LogP contribution in [0, 0.1) is 0 Å². The van der Waals surface area contributed by atoms with Gasteiger partial charge in [-0.25, -0.2) is 29.1 Å². The maximum Gasteiger partial charge on any atom is 0.266 e. The van der Waals surface area contributed by atoms with E-state index in [9.17, 15) is 39.6 Å². The molecule has 73 heavy (non-hydrogen) atoms. The number of aromatic nitrogens is 6. The van der Waals surface area contributed by atoms with Crippen LogP contribution in [0.1, 0.15) is 98.9 Å². The summed E-state index contributed by atoms with van der Waals surface area (Å²) in [5.74, 6) is -1.23. The first-order chi connectivity index (χ1) is 35.1. The molecule has 14 heteroatoms. The third-order valence-corrected chi connectivity index (χ3v) is 14.6. The second-order valence-corrected chi connectivity index (χ2v) is 20.2. The molecule has 14 nitrogen and oxygen atoms in total. The molecule has 7 aromatic carbocycles. The van der Waals surface area contributed by atoms with Crippen molar-refractivity contribution in [2.24, 2.45) is 0 Å². The molecular formula is C59H52N6O8. The Kier molecular flexibility index (Phi) is 11.7. The van der Waals surface area contributed by atoms with Crippen molar-refractivity contribution >= 4 is 87.2 Å². The van der Waals surface area contributed by atoms with Crippen LogP contribution >= 0.6 is 0 Å². The van der Waals surface area contributed by atoms with Gasteiger partial charge in [0.25, 0.3) is 22.2 Å². The normalized spacial score (nSPS) is 12.5. The average molecular weight is 973 g/mol. The van der Waals surface area contributed by atoms with Crippen LogP contribution in [-0.4, -0.2) is 75.9 Å². The molecule has 4 heterocycles. The van der Waals surface area contributed by atoms with Crippen molar-refractivity contribution in [2.75, 3.05) is 26.4 Å². The van der Waals surface area contributed by atoms with Crippen LogP contribution in [0.15, 0.2) is 122 Å². The Bertz CT molecular complexity index is 4140. The average Bonchev–Trinajstić information content (AvgIpc) is 3.75. The van der Waals surface area contributed by atoms with Crippen molar-refractivity contribution in [1.29, 1.82) is 0 Å². The number of hydrogen-bond donors (Lipinski definition) is 4. The summed E-state index contributed by atoms with van der Waals surface area (Å²) in [6, 6.07) is 31.4. The summed E-state index contributed by atoms with van der Waals surface area (Å²) in [4.78, 5) is 76.8. The molecule has 0 aliphatic heterocycles. The minimum absolute atomic E-state index is 0.0708. The van der Waals surface area contributed by atoms with E-state index in [2.05, 4.69) is 0 Å². The van der Waals surface area contributed by atoms with Gasteiger partial charge in [-0.05, 0) is 122 Å². The van der Waals surface area contributed by atoms with Gasteiger partial charge in [0.2, 0.25) is 0 Å². The summed E-state index contributed by atoms with van der Waals surface area (Å²) < 4.78 is 2.46. The minimum Gasteiger partial charge on any atom is -0.396 e. The van der Waals surface area contributed by atoms with Crippen molar-refractivity contribution in [3.8, 4) is 11.4 Å². The number of hydrogen-bond acceptors (Lipinski definition) is 12. The van der Waals surface area contributed by atoms with Crippen LogP contribution in [0.5, 0.6) is 0 Å². The summed E-state index contributed by atoms with van der Waals surface area (Å²) in [5, 5.41) is 44.2. The van der Waals surface area contributed by atoms with Gasteiger partial charge >= 0.3 is 0 Å². The van der Waals surface area contributed by atoms with Crippen LogP contribution in [0.2, 0.25) is 0 Å². The van der Waals surface area contributed by atoms with Crippen LogP contribution in [-0.2, 0) is 0 Å². The second-order valence-electron chi connectivity index (χ2n) is 20.2. The van der Waals surface area contributed by atoms with Gasteiger partial charge in [-0.15, -0.1) is 0 Å². The molecule has 0 amide bonds.